The minimum atomic E-state index is -0.790. The Bertz CT molecular complexity index is 1080. The van der Waals surface area contributed by atoms with E-state index in [1.807, 2.05) is 0 Å². The third-order valence-electron chi connectivity index (χ3n) is 3.77. The number of amides is 1. The molecule has 0 unspecified atom stereocenters. The van der Waals surface area contributed by atoms with Gasteiger partial charge in [0.15, 0.2) is 5.69 Å². The summed E-state index contributed by atoms with van der Waals surface area (Å²) in [6, 6.07) is 13.5. The molecule has 0 bridgehead atoms. The maximum atomic E-state index is 14.2. The summed E-state index contributed by atoms with van der Waals surface area (Å²) in [6.07, 6.45) is 0. The molecule has 29 heavy (non-hydrogen) atoms. The molecule has 0 atom stereocenters. The lowest BCUT2D eigenvalue weighted by Gasteiger charge is -2.14. The summed E-state index contributed by atoms with van der Waals surface area (Å²) in [5.41, 5.74) is 1.99. The summed E-state index contributed by atoms with van der Waals surface area (Å²) >= 11 is 0. The first-order chi connectivity index (χ1) is 14.0. The average molecular weight is 394 g/mol. The summed E-state index contributed by atoms with van der Waals surface area (Å²) in [4.78, 5) is 29.9. The van der Waals surface area contributed by atoms with E-state index in [1.165, 1.54) is 12.1 Å². The lowest BCUT2D eigenvalue weighted by molar-refractivity contribution is 0.0164. The molecule has 8 nitrogen and oxygen atoms in total. The second kappa shape index (κ2) is 9.13. The van der Waals surface area contributed by atoms with Gasteiger partial charge in [0.2, 0.25) is 0 Å². The summed E-state index contributed by atoms with van der Waals surface area (Å²) in [5, 5.41) is 15.6. The first kappa shape index (κ1) is 20.2. The van der Waals surface area contributed by atoms with Crippen molar-refractivity contribution in [2.45, 2.75) is 0 Å². The summed E-state index contributed by atoms with van der Waals surface area (Å²) in [6.45, 7) is -0.446. The zero-order chi connectivity index (χ0) is 20.8. The smallest absolute Gasteiger partial charge is 0.297 e. The van der Waals surface area contributed by atoms with Gasteiger partial charge in [0.25, 0.3) is 11.5 Å². The normalized spacial score (nSPS) is 10.6. The van der Waals surface area contributed by atoms with E-state index >= 15 is 0 Å². The number of aliphatic hydroxyl groups excluding tert-OH is 1. The van der Waals surface area contributed by atoms with Crippen LogP contribution in [0, 0.1) is 5.82 Å². The highest BCUT2D eigenvalue weighted by atomic mass is 19.1. The number of benzene rings is 2. The molecule has 3 rings (SSSR count). The first-order valence-corrected chi connectivity index (χ1v) is 8.54. The molecule has 0 aliphatic rings. The highest BCUT2D eigenvalue weighted by Crippen LogP contribution is 2.21. The van der Waals surface area contributed by atoms with Crippen LogP contribution in [0.1, 0.15) is 10.5 Å². The summed E-state index contributed by atoms with van der Waals surface area (Å²) in [7, 11) is 5.54. The van der Waals surface area contributed by atoms with Gasteiger partial charge in [-0.1, -0.05) is 29.7 Å². The Kier molecular flexibility index (Phi) is 6.37. The second-order valence-electron chi connectivity index (χ2n) is 5.86. The van der Waals surface area contributed by atoms with Gasteiger partial charge in [-0.3, -0.25) is 14.4 Å². The molecule has 0 fully saturated rings. The van der Waals surface area contributed by atoms with Crippen LogP contribution < -0.4 is 21.8 Å². The van der Waals surface area contributed by atoms with E-state index in [1.54, 1.807) is 30.3 Å². The molecule has 146 valence electrons. The van der Waals surface area contributed by atoms with Crippen molar-refractivity contribution >= 4 is 30.6 Å². The molecule has 0 saturated heterocycles. The third kappa shape index (κ3) is 4.87. The maximum absolute atomic E-state index is 14.2. The first-order valence-electron chi connectivity index (χ1n) is 8.54. The Morgan fingerprint density at radius 2 is 1.93 bits per heavy atom. The fourth-order valence-electron chi connectivity index (χ4n) is 2.46. The molecule has 2 aromatic carbocycles. The quantitative estimate of drug-likeness (QED) is 0.307. The van der Waals surface area contributed by atoms with E-state index in [0.29, 0.717) is 5.69 Å². The molecule has 1 heterocycles. The Balaban J connectivity index is 2.04. The maximum Gasteiger partial charge on any atom is 0.297 e. The standard InChI is InChI=1S/C19H16BFN4O4/c20-12-6-7-15(14(21)10-12)22-16-11-17(27)25(13-4-2-1-3-5-13)23-18(16)19(28)24-29-9-8-26/h1-7,10-11,22,26H,8-9H2,(H,24,28). The number of hydrogen-bond donors (Lipinski definition) is 3. The Morgan fingerprint density at radius 1 is 1.17 bits per heavy atom. The van der Waals surface area contributed by atoms with Gasteiger partial charge in [-0.2, -0.15) is 9.78 Å². The van der Waals surface area contributed by atoms with E-state index in [0.717, 1.165) is 16.8 Å². The lowest BCUT2D eigenvalue weighted by Crippen LogP contribution is -2.31. The molecule has 2 radical (unpaired) electrons. The number of hydrogen-bond acceptors (Lipinski definition) is 6. The van der Waals surface area contributed by atoms with Crippen LogP contribution in [-0.4, -0.2) is 41.9 Å². The fourth-order valence-corrected chi connectivity index (χ4v) is 2.46. The van der Waals surface area contributed by atoms with Crippen molar-refractivity contribution in [3.05, 3.63) is 76.5 Å². The number of aliphatic hydroxyl groups is 1. The molecule has 3 aromatic rings. The van der Waals surface area contributed by atoms with Gasteiger partial charge in [-0.05, 0) is 24.3 Å². The van der Waals surface area contributed by atoms with Gasteiger partial charge in [0, 0.05) is 6.07 Å². The molecule has 0 saturated carbocycles. The SMILES string of the molecule is [B]c1ccc(Nc2cc(=O)n(-c3ccccc3)nc2C(=O)NOCCO)c(F)c1. The predicted octanol–water partition coefficient (Wildman–Crippen LogP) is 0.563. The van der Waals surface area contributed by atoms with Crippen LogP contribution in [-0.2, 0) is 4.84 Å². The van der Waals surface area contributed by atoms with Crippen molar-refractivity contribution in [1.29, 1.82) is 0 Å². The van der Waals surface area contributed by atoms with Gasteiger partial charge in [-0.25, -0.2) is 9.87 Å². The molecule has 0 aliphatic carbocycles. The number of aromatic nitrogens is 2. The van der Waals surface area contributed by atoms with Crippen LogP contribution in [0.3, 0.4) is 0 Å². The van der Waals surface area contributed by atoms with Gasteiger partial charge in [0.1, 0.15) is 13.7 Å². The average Bonchev–Trinajstić information content (AvgIpc) is 2.71. The molecule has 3 N–H and O–H groups in total. The number of carbonyl (C=O) groups is 1. The molecule has 0 aliphatic heterocycles. The fraction of sp³-hybridized carbons (Fsp3) is 0.105. The molecule has 1 amide bonds. The third-order valence-corrected chi connectivity index (χ3v) is 3.77. The molecular formula is C19H16BFN4O4. The van der Waals surface area contributed by atoms with Crippen LogP contribution in [0.2, 0.25) is 0 Å². The van der Waals surface area contributed by atoms with Crippen LogP contribution in [0.4, 0.5) is 15.8 Å². The number of hydroxylamine groups is 1. The Labute approximate surface area is 166 Å². The highest BCUT2D eigenvalue weighted by Gasteiger charge is 2.19. The predicted molar refractivity (Wildman–Crippen MR) is 105 cm³/mol. The van der Waals surface area contributed by atoms with E-state index in [4.69, 9.17) is 17.8 Å². The zero-order valence-electron chi connectivity index (χ0n) is 15.1. The number of carbonyl (C=O) groups excluding carboxylic acids is 1. The van der Waals surface area contributed by atoms with Crippen molar-refractivity contribution < 1.29 is 19.1 Å². The Morgan fingerprint density at radius 3 is 2.62 bits per heavy atom. The van der Waals surface area contributed by atoms with Crippen molar-refractivity contribution in [2.24, 2.45) is 0 Å². The number of nitrogens with zero attached hydrogens (tertiary/aromatic N) is 2. The summed E-state index contributed by atoms with van der Waals surface area (Å²) in [5.74, 6) is -1.46. The zero-order valence-corrected chi connectivity index (χ0v) is 15.1. The molecule has 0 spiro atoms. The van der Waals surface area contributed by atoms with Crippen molar-refractivity contribution in [2.75, 3.05) is 18.5 Å². The van der Waals surface area contributed by atoms with Gasteiger partial charge >= 0.3 is 0 Å². The molecular weight excluding hydrogens is 378 g/mol. The van der Waals surface area contributed by atoms with Crippen LogP contribution in [0.15, 0.2) is 59.4 Å². The van der Waals surface area contributed by atoms with E-state index in [9.17, 15) is 14.0 Å². The second-order valence-corrected chi connectivity index (χ2v) is 5.86. The highest BCUT2D eigenvalue weighted by molar-refractivity contribution is 6.32. The largest absolute Gasteiger partial charge is 0.394 e. The van der Waals surface area contributed by atoms with Crippen LogP contribution in [0.5, 0.6) is 0 Å². The lowest BCUT2D eigenvalue weighted by atomic mass is 9.96. The van der Waals surface area contributed by atoms with Crippen LogP contribution >= 0.6 is 0 Å². The van der Waals surface area contributed by atoms with Crippen molar-refractivity contribution in [3.63, 3.8) is 0 Å². The van der Waals surface area contributed by atoms with E-state index < -0.39 is 17.3 Å². The number of nitrogens with one attached hydrogen (secondary N) is 2. The monoisotopic (exact) mass is 394 g/mol. The van der Waals surface area contributed by atoms with E-state index in [2.05, 4.69) is 15.9 Å². The number of anilines is 2. The topological polar surface area (TPSA) is 105 Å². The summed E-state index contributed by atoms with van der Waals surface area (Å²) < 4.78 is 15.2. The van der Waals surface area contributed by atoms with E-state index in [-0.39, 0.29) is 35.7 Å². The van der Waals surface area contributed by atoms with Crippen molar-refractivity contribution in [1.82, 2.24) is 15.3 Å². The van der Waals surface area contributed by atoms with Crippen molar-refractivity contribution in [3.8, 4) is 5.69 Å². The van der Waals surface area contributed by atoms with Gasteiger partial charge in [-0.15, -0.1) is 0 Å². The van der Waals surface area contributed by atoms with Crippen LogP contribution in [0.25, 0.3) is 5.69 Å². The number of para-hydroxylation sites is 1. The number of halogens is 1. The Hall–Kier alpha value is -3.50. The van der Waals surface area contributed by atoms with Gasteiger partial charge in [0.05, 0.1) is 30.3 Å². The molecule has 1 aromatic heterocycles. The minimum Gasteiger partial charge on any atom is -0.394 e. The molecule has 10 heteroatoms. The number of rotatable bonds is 7. The minimum absolute atomic E-state index is 0.00295. The van der Waals surface area contributed by atoms with Gasteiger partial charge < -0.3 is 10.4 Å².